The van der Waals surface area contributed by atoms with Crippen LogP contribution >= 0.6 is 11.6 Å². The average molecular weight is 342 g/mol. The third-order valence-corrected chi connectivity index (χ3v) is 4.21. The average Bonchev–Trinajstić information content (AvgIpc) is 2.88. The molecule has 0 spiro atoms. The minimum atomic E-state index is -0.0962. The van der Waals surface area contributed by atoms with E-state index in [0.29, 0.717) is 10.7 Å². The van der Waals surface area contributed by atoms with Crippen LogP contribution in [0.4, 0.5) is 5.69 Å². The van der Waals surface area contributed by atoms with Crippen LogP contribution in [0, 0.1) is 0 Å². The molecule has 1 aromatic heterocycles. The van der Waals surface area contributed by atoms with Crippen LogP contribution in [0.3, 0.4) is 0 Å². The molecule has 0 saturated heterocycles. The highest BCUT2D eigenvalue weighted by Crippen LogP contribution is 2.29. The number of anilines is 1. The van der Waals surface area contributed by atoms with E-state index < -0.39 is 0 Å². The van der Waals surface area contributed by atoms with Crippen LogP contribution in [0.5, 0.6) is 0 Å². The van der Waals surface area contributed by atoms with Gasteiger partial charge in [0.1, 0.15) is 5.58 Å². The van der Waals surface area contributed by atoms with E-state index in [0.717, 1.165) is 16.5 Å². The number of fused-ring (bicyclic) bond motifs is 1. The maximum absolute atomic E-state index is 12.3. The fourth-order valence-electron chi connectivity index (χ4n) is 2.63. The van der Waals surface area contributed by atoms with Gasteiger partial charge in [-0.25, -0.2) is 0 Å². The molecule has 0 aliphatic carbocycles. The molecule has 1 N–H and O–H groups in total. The molecule has 0 atom stereocenters. The number of nitrogens with one attached hydrogen (secondary N) is 1. The van der Waals surface area contributed by atoms with E-state index in [2.05, 4.69) is 38.2 Å². The molecular weight excluding hydrogens is 322 g/mol. The Kier molecular flexibility index (Phi) is 4.37. The summed E-state index contributed by atoms with van der Waals surface area (Å²) in [5.74, 6) is -0.0962. The van der Waals surface area contributed by atoms with Crippen molar-refractivity contribution in [1.82, 2.24) is 0 Å². The summed E-state index contributed by atoms with van der Waals surface area (Å²) in [6, 6.07) is 13.3. The van der Waals surface area contributed by atoms with Crippen LogP contribution in [0.25, 0.3) is 11.0 Å². The Balaban J connectivity index is 1.83. The SMILES string of the molecule is CC(C)(C)c1ccc2occ(CC(=O)Nc3cccc(Cl)c3)c2c1. The van der Waals surface area contributed by atoms with Crippen molar-refractivity contribution in [2.24, 2.45) is 0 Å². The predicted molar refractivity (Wildman–Crippen MR) is 98.7 cm³/mol. The van der Waals surface area contributed by atoms with Gasteiger partial charge in [0.2, 0.25) is 5.91 Å². The molecule has 0 bridgehead atoms. The molecule has 3 rings (SSSR count). The van der Waals surface area contributed by atoms with Crippen molar-refractivity contribution in [3.8, 4) is 0 Å². The molecule has 0 unspecified atom stereocenters. The fourth-order valence-corrected chi connectivity index (χ4v) is 2.82. The first-order valence-electron chi connectivity index (χ1n) is 7.89. The van der Waals surface area contributed by atoms with Crippen molar-refractivity contribution in [3.05, 3.63) is 64.9 Å². The first-order valence-corrected chi connectivity index (χ1v) is 8.27. The Morgan fingerprint density at radius 3 is 2.67 bits per heavy atom. The summed E-state index contributed by atoms with van der Waals surface area (Å²) in [7, 11) is 0. The van der Waals surface area contributed by atoms with Crippen LogP contribution in [-0.2, 0) is 16.6 Å². The van der Waals surface area contributed by atoms with E-state index in [4.69, 9.17) is 16.0 Å². The second-order valence-corrected chi connectivity index (χ2v) is 7.39. The van der Waals surface area contributed by atoms with Gasteiger partial charge in [0.25, 0.3) is 0 Å². The summed E-state index contributed by atoms with van der Waals surface area (Å²) < 4.78 is 5.59. The third kappa shape index (κ3) is 3.62. The Bertz CT molecular complexity index is 890. The Hall–Kier alpha value is -2.26. The fraction of sp³-hybridized carbons (Fsp3) is 0.250. The van der Waals surface area contributed by atoms with E-state index in [1.54, 1.807) is 24.5 Å². The van der Waals surface area contributed by atoms with Gasteiger partial charge >= 0.3 is 0 Å². The zero-order valence-corrected chi connectivity index (χ0v) is 14.8. The van der Waals surface area contributed by atoms with Crippen molar-refractivity contribution in [3.63, 3.8) is 0 Å². The number of benzene rings is 2. The van der Waals surface area contributed by atoms with Crippen LogP contribution < -0.4 is 5.32 Å². The highest BCUT2D eigenvalue weighted by molar-refractivity contribution is 6.30. The van der Waals surface area contributed by atoms with Crippen LogP contribution in [-0.4, -0.2) is 5.91 Å². The summed E-state index contributed by atoms with van der Waals surface area (Å²) in [6.07, 6.45) is 1.92. The molecule has 1 amide bonds. The van der Waals surface area contributed by atoms with Gasteiger partial charge in [-0.2, -0.15) is 0 Å². The lowest BCUT2D eigenvalue weighted by Crippen LogP contribution is -2.14. The van der Waals surface area contributed by atoms with Gasteiger partial charge in [-0.15, -0.1) is 0 Å². The molecule has 3 aromatic rings. The van der Waals surface area contributed by atoms with Gasteiger partial charge in [-0.05, 0) is 41.3 Å². The number of amides is 1. The summed E-state index contributed by atoms with van der Waals surface area (Å²) in [6.45, 7) is 6.50. The van der Waals surface area contributed by atoms with Crippen LogP contribution in [0.2, 0.25) is 5.02 Å². The van der Waals surface area contributed by atoms with Crippen molar-refractivity contribution in [2.45, 2.75) is 32.6 Å². The summed E-state index contributed by atoms with van der Waals surface area (Å²) in [5.41, 5.74) is 3.64. The monoisotopic (exact) mass is 341 g/mol. The lowest BCUT2D eigenvalue weighted by atomic mass is 9.86. The topological polar surface area (TPSA) is 42.2 Å². The highest BCUT2D eigenvalue weighted by atomic mass is 35.5. The van der Waals surface area contributed by atoms with Gasteiger partial charge in [0, 0.05) is 21.7 Å². The minimum absolute atomic E-state index is 0.0474. The molecule has 1 heterocycles. The van der Waals surface area contributed by atoms with Crippen molar-refractivity contribution in [2.75, 3.05) is 5.32 Å². The number of hydrogen-bond donors (Lipinski definition) is 1. The number of hydrogen-bond acceptors (Lipinski definition) is 2. The Morgan fingerprint density at radius 1 is 1.17 bits per heavy atom. The maximum Gasteiger partial charge on any atom is 0.228 e. The van der Waals surface area contributed by atoms with Crippen molar-refractivity contribution >= 4 is 34.2 Å². The first kappa shape index (κ1) is 16.6. The zero-order chi connectivity index (χ0) is 17.3. The molecule has 0 aliphatic heterocycles. The van der Waals surface area contributed by atoms with Gasteiger partial charge < -0.3 is 9.73 Å². The van der Waals surface area contributed by atoms with E-state index in [1.165, 1.54) is 5.56 Å². The largest absolute Gasteiger partial charge is 0.464 e. The molecule has 0 aliphatic rings. The van der Waals surface area contributed by atoms with Gasteiger partial charge in [-0.1, -0.05) is 44.5 Å². The van der Waals surface area contributed by atoms with Crippen molar-refractivity contribution in [1.29, 1.82) is 0 Å². The molecule has 3 nitrogen and oxygen atoms in total. The Labute approximate surface area is 146 Å². The molecule has 124 valence electrons. The molecule has 2 aromatic carbocycles. The number of halogens is 1. The number of carbonyl (C=O) groups excluding carboxylic acids is 1. The summed E-state index contributed by atoms with van der Waals surface area (Å²) in [5, 5.41) is 4.45. The molecule has 0 fully saturated rings. The smallest absolute Gasteiger partial charge is 0.228 e. The predicted octanol–water partition coefficient (Wildman–Crippen LogP) is 5.56. The summed E-state index contributed by atoms with van der Waals surface area (Å²) in [4.78, 5) is 12.3. The van der Waals surface area contributed by atoms with Crippen LogP contribution in [0.1, 0.15) is 31.9 Å². The zero-order valence-electron chi connectivity index (χ0n) is 14.0. The number of rotatable bonds is 3. The number of furan rings is 1. The molecular formula is C20H20ClNO2. The quantitative estimate of drug-likeness (QED) is 0.677. The molecule has 4 heteroatoms. The number of carbonyl (C=O) groups is 1. The maximum atomic E-state index is 12.3. The second-order valence-electron chi connectivity index (χ2n) is 6.96. The van der Waals surface area contributed by atoms with E-state index in [-0.39, 0.29) is 17.7 Å². The summed E-state index contributed by atoms with van der Waals surface area (Å²) >= 11 is 5.94. The van der Waals surface area contributed by atoms with E-state index in [1.807, 2.05) is 12.1 Å². The van der Waals surface area contributed by atoms with E-state index >= 15 is 0 Å². The Morgan fingerprint density at radius 2 is 1.96 bits per heavy atom. The van der Waals surface area contributed by atoms with E-state index in [9.17, 15) is 4.79 Å². The van der Waals surface area contributed by atoms with Crippen molar-refractivity contribution < 1.29 is 9.21 Å². The van der Waals surface area contributed by atoms with Gasteiger partial charge in [-0.3, -0.25) is 4.79 Å². The minimum Gasteiger partial charge on any atom is -0.464 e. The van der Waals surface area contributed by atoms with Crippen LogP contribution in [0.15, 0.2) is 53.1 Å². The lowest BCUT2D eigenvalue weighted by Gasteiger charge is -2.18. The second kappa shape index (κ2) is 6.33. The lowest BCUT2D eigenvalue weighted by molar-refractivity contribution is -0.115. The molecule has 0 radical (unpaired) electrons. The van der Waals surface area contributed by atoms with Gasteiger partial charge in [0.15, 0.2) is 0 Å². The normalized spacial score (nSPS) is 11.7. The molecule has 0 saturated carbocycles. The molecule has 24 heavy (non-hydrogen) atoms. The third-order valence-electron chi connectivity index (χ3n) is 3.98. The first-order chi connectivity index (χ1) is 11.3. The van der Waals surface area contributed by atoms with Gasteiger partial charge in [0.05, 0.1) is 12.7 Å². The standard InChI is InChI=1S/C20H20ClNO2/c1-20(2,3)14-7-8-18-17(10-14)13(12-24-18)9-19(23)22-16-6-4-5-15(21)11-16/h4-8,10-12H,9H2,1-3H3,(H,22,23). The highest BCUT2D eigenvalue weighted by Gasteiger charge is 2.17.